The van der Waals surface area contributed by atoms with Gasteiger partial charge in [-0.25, -0.2) is 4.39 Å². The highest BCUT2D eigenvalue weighted by Crippen LogP contribution is 2.23. The van der Waals surface area contributed by atoms with Crippen LogP contribution in [0.15, 0.2) is 54.6 Å². The van der Waals surface area contributed by atoms with Crippen LogP contribution in [0.1, 0.15) is 31.0 Å². The van der Waals surface area contributed by atoms with E-state index in [1.54, 1.807) is 25.3 Å². The van der Waals surface area contributed by atoms with E-state index in [-0.39, 0.29) is 23.7 Å². The highest BCUT2D eigenvalue weighted by Gasteiger charge is 2.17. The third-order valence-electron chi connectivity index (χ3n) is 3.74. The lowest BCUT2D eigenvalue weighted by Gasteiger charge is -2.22. The van der Waals surface area contributed by atoms with Crippen LogP contribution in [-0.2, 0) is 4.79 Å². The van der Waals surface area contributed by atoms with Crippen LogP contribution < -0.4 is 10.1 Å². The summed E-state index contributed by atoms with van der Waals surface area (Å²) in [6.07, 6.45) is 3.13. The molecule has 1 atom stereocenters. The van der Waals surface area contributed by atoms with E-state index < -0.39 is 0 Å². The van der Waals surface area contributed by atoms with Crippen molar-refractivity contribution in [3.63, 3.8) is 0 Å². The second-order valence-corrected chi connectivity index (χ2v) is 5.89. The molecular formula is C20H22FNO2. The number of hydrogen-bond acceptors (Lipinski definition) is 2. The average Bonchev–Trinajstić information content (AvgIpc) is 2.59. The molecule has 3 nitrogen and oxygen atoms in total. The van der Waals surface area contributed by atoms with Crippen molar-refractivity contribution in [3.8, 4) is 5.75 Å². The van der Waals surface area contributed by atoms with Crippen LogP contribution in [0, 0.1) is 11.7 Å². The van der Waals surface area contributed by atoms with Crippen molar-refractivity contribution in [2.45, 2.75) is 19.9 Å². The number of ether oxygens (including phenoxy) is 1. The minimum Gasteiger partial charge on any atom is -0.497 e. The maximum absolute atomic E-state index is 12.9. The monoisotopic (exact) mass is 327 g/mol. The van der Waals surface area contributed by atoms with Gasteiger partial charge in [-0.05, 0) is 47.4 Å². The summed E-state index contributed by atoms with van der Waals surface area (Å²) in [6.45, 7) is 4.11. The van der Waals surface area contributed by atoms with E-state index in [4.69, 9.17) is 4.74 Å². The fourth-order valence-corrected chi connectivity index (χ4v) is 2.39. The Hall–Kier alpha value is -2.62. The Morgan fingerprint density at radius 1 is 1.08 bits per heavy atom. The first kappa shape index (κ1) is 17.7. The van der Waals surface area contributed by atoms with Gasteiger partial charge < -0.3 is 10.1 Å². The molecule has 24 heavy (non-hydrogen) atoms. The van der Waals surface area contributed by atoms with E-state index >= 15 is 0 Å². The summed E-state index contributed by atoms with van der Waals surface area (Å²) in [5.74, 6) is 0.537. The SMILES string of the molecule is COc1ccc(C(NC(=O)/C=C/c2ccc(F)cc2)C(C)C)cc1. The molecule has 0 bridgehead atoms. The third-order valence-corrected chi connectivity index (χ3v) is 3.74. The summed E-state index contributed by atoms with van der Waals surface area (Å²) in [6, 6.07) is 13.6. The van der Waals surface area contributed by atoms with Crippen LogP contribution in [0.4, 0.5) is 4.39 Å². The van der Waals surface area contributed by atoms with Gasteiger partial charge in [0.15, 0.2) is 0 Å². The minimum atomic E-state index is -0.295. The van der Waals surface area contributed by atoms with Crippen molar-refractivity contribution in [1.82, 2.24) is 5.32 Å². The van der Waals surface area contributed by atoms with E-state index in [2.05, 4.69) is 19.2 Å². The zero-order chi connectivity index (χ0) is 17.5. The van der Waals surface area contributed by atoms with Crippen molar-refractivity contribution >= 4 is 12.0 Å². The topological polar surface area (TPSA) is 38.3 Å². The van der Waals surface area contributed by atoms with Gasteiger partial charge in [0.2, 0.25) is 5.91 Å². The number of rotatable bonds is 6. The molecule has 2 aromatic carbocycles. The maximum Gasteiger partial charge on any atom is 0.244 e. The first-order valence-electron chi connectivity index (χ1n) is 7.87. The summed E-state index contributed by atoms with van der Waals surface area (Å²) in [7, 11) is 1.62. The number of nitrogens with one attached hydrogen (secondary N) is 1. The normalized spacial score (nSPS) is 12.4. The number of halogens is 1. The summed E-state index contributed by atoms with van der Waals surface area (Å²) >= 11 is 0. The first-order valence-corrected chi connectivity index (χ1v) is 7.87. The molecule has 0 fully saturated rings. The first-order chi connectivity index (χ1) is 11.5. The van der Waals surface area contributed by atoms with E-state index in [9.17, 15) is 9.18 Å². The van der Waals surface area contributed by atoms with Crippen molar-refractivity contribution < 1.29 is 13.9 Å². The zero-order valence-corrected chi connectivity index (χ0v) is 14.1. The smallest absolute Gasteiger partial charge is 0.244 e. The molecule has 1 N–H and O–H groups in total. The average molecular weight is 327 g/mol. The van der Waals surface area contributed by atoms with Crippen molar-refractivity contribution in [2.75, 3.05) is 7.11 Å². The molecule has 0 heterocycles. The second-order valence-electron chi connectivity index (χ2n) is 5.89. The highest BCUT2D eigenvalue weighted by molar-refractivity contribution is 5.92. The predicted octanol–water partition coefficient (Wildman–Crippen LogP) is 4.36. The van der Waals surface area contributed by atoms with Crippen LogP contribution in [0.3, 0.4) is 0 Å². The molecule has 0 aliphatic carbocycles. The number of amides is 1. The Labute approximate surface area is 142 Å². The highest BCUT2D eigenvalue weighted by atomic mass is 19.1. The predicted molar refractivity (Wildman–Crippen MR) is 94.1 cm³/mol. The lowest BCUT2D eigenvalue weighted by atomic mass is 9.96. The molecule has 0 saturated carbocycles. The van der Waals surface area contributed by atoms with E-state index in [0.29, 0.717) is 0 Å². The van der Waals surface area contributed by atoms with Gasteiger partial charge in [-0.3, -0.25) is 4.79 Å². The molecule has 1 amide bonds. The van der Waals surface area contributed by atoms with E-state index in [0.717, 1.165) is 16.9 Å². The molecular weight excluding hydrogens is 305 g/mol. The van der Waals surface area contributed by atoms with Crippen molar-refractivity contribution in [1.29, 1.82) is 0 Å². The fourth-order valence-electron chi connectivity index (χ4n) is 2.39. The van der Waals surface area contributed by atoms with E-state index in [1.165, 1.54) is 18.2 Å². The van der Waals surface area contributed by atoms with Gasteiger partial charge in [-0.15, -0.1) is 0 Å². The molecule has 0 aliphatic rings. The number of methoxy groups -OCH3 is 1. The Balaban J connectivity index is 2.06. The molecule has 2 aromatic rings. The molecule has 0 spiro atoms. The van der Waals surface area contributed by atoms with Gasteiger partial charge in [0.25, 0.3) is 0 Å². The van der Waals surface area contributed by atoms with Crippen LogP contribution in [0.2, 0.25) is 0 Å². The molecule has 0 aromatic heterocycles. The maximum atomic E-state index is 12.9. The number of hydrogen-bond donors (Lipinski definition) is 1. The van der Waals surface area contributed by atoms with Crippen molar-refractivity contribution in [2.24, 2.45) is 5.92 Å². The summed E-state index contributed by atoms with van der Waals surface area (Å²) in [5.41, 5.74) is 1.80. The van der Waals surface area contributed by atoms with Crippen LogP contribution >= 0.6 is 0 Å². The van der Waals surface area contributed by atoms with Gasteiger partial charge >= 0.3 is 0 Å². The number of carbonyl (C=O) groups excluding carboxylic acids is 1. The van der Waals surface area contributed by atoms with Gasteiger partial charge in [0.1, 0.15) is 11.6 Å². The molecule has 2 rings (SSSR count). The Morgan fingerprint density at radius 2 is 1.71 bits per heavy atom. The summed E-state index contributed by atoms with van der Waals surface area (Å²) < 4.78 is 18.0. The minimum absolute atomic E-state index is 0.0960. The molecule has 0 radical (unpaired) electrons. The molecule has 126 valence electrons. The quantitative estimate of drug-likeness (QED) is 0.801. The van der Waals surface area contributed by atoms with Gasteiger partial charge in [-0.1, -0.05) is 38.1 Å². The Morgan fingerprint density at radius 3 is 2.25 bits per heavy atom. The Bertz CT molecular complexity index is 691. The number of benzene rings is 2. The fraction of sp³-hybridized carbons (Fsp3) is 0.250. The molecule has 0 saturated heterocycles. The van der Waals surface area contributed by atoms with Gasteiger partial charge in [0, 0.05) is 6.08 Å². The van der Waals surface area contributed by atoms with Crippen LogP contribution in [-0.4, -0.2) is 13.0 Å². The van der Waals surface area contributed by atoms with Crippen LogP contribution in [0.5, 0.6) is 5.75 Å². The largest absolute Gasteiger partial charge is 0.497 e. The molecule has 0 aliphatic heterocycles. The van der Waals surface area contributed by atoms with Gasteiger partial charge in [0.05, 0.1) is 13.2 Å². The Kier molecular flexibility index (Phi) is 6.13. The third kappa shape index (κ3) is 4.95. The lowest BCUT2D eigenvalue weighted by molar-refractivity contribution is -0.117. The van der Waals surface area contributed by atoms with E-state index in [1.807, 2.05) is 24.3 Å². The van der Waals surface area contributed by atoms with Gasteiger partial charge in [-0.2, -0.15) is 0 Å². The summed E-state index contributed by atoms with van der Waals surface area (Å²) in [4.78, 5) is 12.2. The zero-order valence-electron chi connectivity index (χ0n) is 14.1. The summed E-state index contributed by atoms with van der Waals surface area (Å²) in [5, 5.41) is 3.01. The lowest BCUT2D eigenvalue weighted by Crippen LogP contribution is -2.30. The van der Waals surface area contributed by atoms with Crippen LogP contribution in [0.25, 0.3) is 6.08 Å². The molecule has 4 heteroatoms. The molecule has 1 unspecified atom stereocenters. The standard InChI is InChI=1S/C20H22FNO2/c1-14(2)20(16-7-11-18(24-3)12-8-16)22-19(23)13-6-15-4-9-17(21)10-5-15/h4-14,20H,1-3H3,(H,22,23)/b13-6+. The van der Waals surface area contributed by atoms with Crippen molar-refractivity contribution in [3.05, 3.63) is 71.6 Å². The second kappa shape index (κ2) is 8.29. The number of carbonyl (C=O) groups is 1.